The fraction of sp³-hybridized carbons (Fsp3) is 0.500. The zero-order chi connectivity index (χ0) is 13.7. The maximum absolute atomic E-state index is 5.72. The molecule has 0 aromatic heterocycles. The highest BCUT2D eigenvalue weighted by molar-refractivity contribution is 7.80. The number of rotatable bonds is 6. The van der Waals surface area contributed by atoms with Gasteiger partial charge in [0.15, 0.2) is 0 Å². The highest BCUT2D eigenvalue weighted by Gasteiger charge is 2.11. The molecular formula is C14H22N2OS. The Morgan fingerprint density at radius 3 is 2.56 bits per heavy atom. The lowest BCUT2D eigenvalue weighted by Crippen LogP contribution is -2.30. The Morgan fingerprint density at radius 2 is 2.11 bits per heavy atom. The lowest BCUT2D eigenvalue weighted by Gasteiger charge is -2.25. The van der Waals surface area contributed by atoms with Crippen molar-refractivity contribution in [3.8, 4) is 5.75 Å². The predicted molar refractivity (Wildman–Crippen MR) is 80.1 cm³/mol. The van der Waals surface area contributed by atoms with Crippen LogP contribution in [0.4, 0.5) is 0 Å². The van der Waals surface area contributed by atoms with Crippen molar-refractivity contribution < 1.29 is 4.74 Å². The first-order chi connectivity index (χ1) is 8.49. The molecular weight excluding hydrogens is 244 g/mol. The smallest absolute Gasteiger partial charge is 0.129 e. The maximum Gasteiger partial charge on any atom is 0.129 e. The summed E-state index contributed by atoms with van der Waals surface area (Å²) in [5.74, 6) is 0.735. The Labute approximate surface area is 115 Å². The van der Waals surface area contributed by atoms with Gasteiger partial charge in [0.05, 0.1) is 12.7 Å². The highest BCUT2D eigenvalue weighted by atomic mass is 32.1. The topological polar surface area (TPSA) is 38.5 Å². The average Bonchev–Trinajstić information content (AvgIpc) is 2.35. The zero-order valence-electron chi connectivity index (χ0n) is 11.6. The van der Waals surface area contributed by atoms with E-state index in [2.05, 4.69) is 31.7 Å². The van der Waals surface area contributed by atoms with E-state index in [4.69, 9.17) is 22.7 Å². The van der Waals surface area contributed by atoms with Gasteiger partial charge in [0.25, 0.3) is 0 Å². The molecule has 0 spiro atoms. The van der Waals surface area contributed by atoms with Gasteiger partial charge in [0.2, 0.25) is 0 Å². The van der Waals surface area contributed by atoms with Gasteiger partial charge in [0, 0.05) is 12.6 Å². The minimum Gasteiger partial charge on any atom is -0.496 e. The van der Waals surface area contributed by atoms with Crippen molar-refractivity contribution >= 4 is 17.2 Å². The molecule has 0 saturated carbocycles. The first-order valence-electron chi connectivity index (χ1n) is 6.20. The van der Waals surface area contributed by atoms with Crippen LogP contribution >= 0.6 is 12.2 Å². The number of thiocarbonyl (C=S) groups is 1. The number of methoxy groups -OCH3 is 1. The van der Waals surface area contributed by atoms with Crippen LogP contribution < -0.4 is 10.5 Å². The van der Waals surface area contributed by atoms with Gasteiger partial charge in [-0.2, -0.15) is 0 Å². The second-order valence-electron chi connectivity index (χ2n) is 4.56. The summed E-state index contributed by atoms with van der Waals surface area (Å²) in [5.41, 5.74) is 7.73. The van der Waals surface area contributed by atoms with E-state index >= 15 is 0 Å². The molecule has 1 aromatic rings. The molecule has 1 rings (SSSR count). The Hall–Kier alpha value is -1.13. The van der Waals surface area contributed by atoms with Crippen molar-refractivity contribution in [2.24, 2.45) is 5.73 Å². The summed E-state index contributed by atoms with van der Waals surface area (Å²) >= 11 is 5.05. The third-order valence-electron chi connectivity index (χ3n) is 3.05. The number of hydrogen-bond acceptors (Lipinski definition) is 3. The van der Waals surface area contributed by atoms with Crippen molar-refractivity contribution in [3.63, 3.8) is 0 Å². The number of benzene rings is 1. The molecule has 0 atom stereocenters. The third kappa shape index (κ3) is 3.68. The summed E-state index contributed by atoms with van der Waals surface area (Å²) in [6, 6.07) is 6.53. The van der Waals surface area contributed by atoms with Gasteiger partial charge in [-0.3, -0.25) is 4.90 Å². The van der Waals surface area contributed by atoms with Gasteiger partial charge >= 0.3 is 0 Å². The number of nitrogens with zero attached hydrogens (tertiary/aromatic N) is 1. The summed E-state index contributed by atoms with van der Waals surface area (Å²) in [4.78, 5) is 2.76. The Bertz CT molecular complexity index is 418. The van der Waals surface area contributed by atoms with Crippen molar-refractivity contribution in [3.05, 3.63) is 29.3 Å². The van der Waals surface area contributed by atoms with Gasteiger partial charge in [-0.25, -0.2) is 0 Å². The molecule has 0 radical (unpaired) electrons. The van der Waals surface area contributed by atoms with Gasteiger partial charge in [-0.1, -0.05) is 25.2 Å². The molecule has 0 fully saturated rings. The summed E-state index contributed by atoms with van der Waals surface area (Å²) in [6.07, 6.45) is 0. The van der Waals surface area contributed by atoms with E-state index in [9.17, 15) is 0 Å². The van der Waals surface area contributed by atoms with Gasteiger partial charge in [-0.05, 0) is 38.1 Å². The van der Waals surface area contributed by atoms with Crippen molar-refractivity contribution in [2.45, 2.75) is 33.4 Å². The fourth-order valence-corrected chi connectivity index (χ4v) is 2.10. The second-order valence-corrected chi connectivity index (χ2v) is 5.00. The SMILES string of the molecule is CCN(Cc1ccc(OC)c(C(N)=S)c1)C(C)C. The fourth-order valence-electron chi connectivity index (χ4n) is 1.94. The summed E-state index contributed by atoms with van der Waals surface area (Å²) in [7, 11) is 1.63. The predicted octanol–water partition coefficient (Wildman–Crippen LogP) is 2.56. The molecule has 0 saturated heterocycles. The Balaban J connectivity index is 2.97. The summed E-state index contributed by atoms with van der Waals surface area (Å²) < 4.78 is 5.26. The van der Waals surface area contributed by atoms with Crippen molar-refractivity contribution in [1.82, 2.24) is 4.90 Å². The molecule has 0 aliphatic carbocycles. The summed E-state index contributed by atoms with van der Waals surface area (Å²) in [6.45, 7) is 8.47. The molecule has 0 bridgehead atoms. The Morgan fingerprint density at radius 1 is 1.44 bits per heavy atom. The maximum atomic E-state index is 5.72. The van der Waals surface area contributed by atoms with Crippen LogP contribution in [0.2, 0.25) is 0 Å². The van der Waals surface area contributed by atoms with Gasteiger partial charge in [-0.15, -0.1) is 0 Å². The molecule has 0 heterocycles. The molecule has 4 heteroatoms. The minimum absolute atomic E-state index is 0.376. The van der Waals surface area contributed by atoms with Crippen molar-refractivity contribution in [1.29, 1.82) is 0 Å². The van der Waals surface area contributed by atoms with E-state index in [1.807, 2.05) is 12.1 Å². The van der Waals surface area contributed by atoms with Crippen LogP contribution in [0, 0.1) is 0 Å². The second kappa shape index (κ2) is 6.71. The lowest BCUT2D eigenvalue weighted by atomic mass is 10.1. The van der Waals surface area contributed by atoms with Crippen molar-refractivity contribution in [2.75, 3.05) is 13.7 Å². The molecule has 3 nitrogen and oxygen atoms in total. The highest BCUT2D eigenvalue weighted by Crippen LogP contribution is 2.21. The summed E-state index contributed by atoms with van der Waals surface area (Å²) in [5, 5.41) is 0. The van der Waals surface area contributed by atoms with Crippen LogP contribution in [0.25, 0.3) is 0 Å². The Kier molecular flexibility index (Phi) is 5.56. The zero-order valence-corrected chi connectivity index (χ0v) is 12.4. The monoisotopic (exact) mass is 266 g/mol. The van der Waals surface area contributed by atoms with Crippen LogP contribution in [0.15, 0.2) is 18.2 Å². The first kappa shape index (κ1) is 14.9. The molecule has 0 amide bonds. The van der Waals surface area contributed by atoms with E-state index in [1.165, 1.54) is 5.56 Å². The van der Waals surface area contributed by atoms with E-state index in [0.29, 0.717) is 11.0 Å². The first-order valence-corrected chi connectivity index (χ1v) is 6.61. The lowest BCUT2D eigenvalue weighted by molar-refractivity contribution is 0.225. The molecule has 2 N–H and O–H groups in total. The average molecular weight is 266 g/mol. The van der Waals surface area contributed by atoms with Crippen LogP contribution in [0.5, 0.6) is 5.75 Å². The number of hydrogen-bond donors (Lipinski definition) is 1. The van der Waals surface area contributed by atoms with Crippen LogP contribution in [0.1, 0.15) is 31.9 Å². The van der Waals surface area contributed by atoms with E-state index in [0.717, 1.165) is 24.4 Å². The molecule has 0 aliphatic heterocycles. The van der Waals surface area contributed by atoms with E-state index in [1.54, 1.807) is 7.11 Å². The molecule has 18 heavy (non-hydrogen) atoms. The van der Waals surface area contributed by atoms with E-state index in [-0.39, 0.29) is 0 Å². The molecule has 0 aliphatic rings. The molecule has 0 unspecified atom stereocenters. The quantitative estimate of drug-likeness (QED) is 0.803. The molecule has 1 aromatic carbocycles. The third-order valence-corrected chi connectivity index (χ3v) is 3.27. The van der Waals surface area contributed by atoms with Gasteiger partial charge < -0.3 is 10.5 Å². The van der Waals surface area contributed by atoms with Gasteiger partial charge in [0.1, 0.15) is 10.7 Å². The van der Waals surface area contributed by atoms with E-state index < -0.39 is 0 Å². The molecule has 100 valence electrons. The number of ether oxygens (including phenoxy) is 1. The minimum atomic E-state index is 0.376. The van der Waals surface area contributed by atoms with Crippen LogP contribution in [0.3, 0.4) is 0 Å². The van der Waals surface area contributed by atoms with Crippen LogP contribution in [-0.4, -0.2) is 29.6 Å². The number of nitrogens with two attached hydrogens (primary N) is 1. The standard InChI is InChI=1S/C14H22N2OS/c1-5-16(10(2)3)9-11-6-7-13(17-4)12(8-11)14(15)18/h6-8,10H,5,9H2,1-4H3,(H2,15,18). The van der Waals surface area contributed by atoms with Crippen LogP contribution in [-0.2, 0) is 6.54 Å². The largest absolute Gasteiger partial charge is 0.496 e. The normalized spacial score (nSPS) is 11.0.